The van der Waals surface area contributed by atoms with Crippen molar-refractivity contribution in [2.24, 2.45) is 23.5 Å². The number of likely N-dealkylation sites (tertiary alicyclic amines) is 1. The van der Waals surface area contributed by atoms with E-state index in [1.807, 2.05) is 35.7 Å². The SMILES string of the molecule is CN1CCCC(Oc2ccc(Nc3nc(NC4C5C=CC(C5)C4C(N)=O)c4sccc4n3)cc2)C1. The Morgan fingerprint density at radius 1 is 1.17 bits per heavy atom. The molecule has 2 aliphatic carbocycles. The summed E-state index contributed by atoms with van der Waals surface area (Å²) in [5.74, 6) is 2.15. The van der Waals surface area contributed by atoms with Crippen LogP contribution in [0.25, 0.3) is 10.2 Å². The highest BCUT2D eigenvalue weighted by Crippen LogP contribution is 2.45. The number of nitrogens with one attached hydrogen (secondary N) is 2. The molecule has 9 heteroatoms. The number of piperidine rings is 1. The molecule has 3 aromatic rings. The van der Waals surface area contributed by atoms with Gasteiger partial charge in [0.2, 0.25) is 11.9 Å². The number of anilines is 3. The van der Waals surface area contributed by atoms with E-state index in [1.54, 1.807) is 11.3 Å². The third-order valence-electron chi connectivity index (χ3n) is 7.39. The maximum absolute atomic E-state index is 12.2. The fourth-order valence-corrected chi connectivity index (χ4v) is 6.52. The van der Waals surface area contributed by atoms with Crippen LogP contribution >= 0.6 is 11.3 Å². The number of allylic oxidation sites excluding steroid dienone is 1. The summed E-state index contributed by atoms with van der Waals surface area (Å²) in [6.07, 6.45) is 7.77. The summed E-state index contributed by atoms with van der Waals surface area (Å²) in [6, 6.07) is 9.88. The number of carbonyl (C=O) groups is 1. The monoisotopic (exact) mass is 490 g/mol. The second-order valence-electron chi connectivity index (χ2n) is 9.87. The molecule has 1 saturated carbocycles. The highest BCUT2D eigenvalue weighted by Gasteiger charge is 2.47. The number of hydrogen-bond acceptors (Lipinski definition) is 8. The molecule has 5 atom stereocenters. The zero-order valence-corrected chi connectivity index (χ0v) is 20.5. The predicted octanol–water partition coefficient (Wildman–Crippen LogP) is 4.00. The second kappa shape index (κ2) is 9.13. The van der Waals surface area contributed by atoms with Crippen molar-refractivity contribution >= 4 is 44.9 Å². The van der Waals surface area contributed by atoms with Crippen LogP contribution in [-0.2, 0) is 4.79 Å². The third-order valence-corrected chi connectivity index (χ3v) is 8.30. The molecule has 1 saturated heterocycles. The minimum atomic E-state index is -0.253. The number of hydrogen-bond donors (Lipinski definition) is 3. The Kier molecular flexibility index (Phi) is 5.82. The topological polar surface area (TPSA) is 105 Å². The van der Waals surface area contributed by atoms with Crippen molar-refractivity contribution in [2.75, 3.05) is 30.8 Å². The summed E-state index contributed by atoms with van der Waals surface area (Å²) in [4.78, 5) is 24.0. The van der Waals surface area contributed by atoms with Gasteiger partial charge < -0.3 is 26.0 Å². The quantitative estimate of drug-likeness (QED) is 0.430. The molecule has 0 radical (unpaired) electrons. The van der Waals surface area contributed by atoms with Gasteiger partial charge in [-0.15, -0.1) is 11.3 Å². The average Bonchev–Trinajstić information content (AvgIpc) is 3.57. The Balaban J connectivity index is 1.20. The summed E-state index contributed by atoms with van der Waals surface area (Å²) < 4.78 is 7.15. The fourth-order valence-electron chi connectivity index (χ4n) is 5.74. The first-order valence-corrected chi connectivity index (χ1v) is 13.1. The molecule has 1 aliphatic heterocycles. The molecule has 2 fully saturated rings. The maximum Gasteiger partial charge on any atom is 0.229 e. The van der Waals surface area contributed by atoms with Crippen molar-refractivity contribution < 1.29 is 9.53 Å². The number of thiophene rings is 1. The molecule has 1 amide bonds. The number of benzene rings is 1. The molecular weight excluding hydrogens is 460 g/mol. The first-order chi connectivity index (χ1) is 17.0. The van der Waals surface area contributed by atoms with E-state index in [0.29, 0.717) is 5.95 Å². The number of nitrogens with two attached hydrogens (primary N) is 1. The van der Waals surface area contributed by atoms with Gasteiger partial charge in [0.25, 0.3) is 0 Å². The highest BCUT2D eigenvalue weighted by molar-refractivity contribution is 7.17. The van der Waals surface area contributed by atoms with Crippen LogP contribution in [0.1, 0.15) is 19.3 Å². The van der Waals surface area contributed by atoms with Gasteiger partial charge in [-0.2, -0.15) is 4.98 Å². The van der Waals surface area contributed by atoms with Crippen molar-refractivity contribution in [1.82, 2.24) is 14.9 Å². The van der Waals surface area contributed by atoms with E-state index in [4.69, 9.17) is 20.4 Å². The van der Waals surface area contributed by atoms with Gasteiger partial charge in [-0.05, 0) is 80.4 Å². The first-order valence-electron chi connectivity index (χ1n) is 12.3. The summed E-state index contributed by atoms with van der Waals surface area (Å²) in [5, 5.41) is 8.90. The fraction of sp³-hybridized carbons (Fsp3) is 0.423. The number of primary amides is 1. The smallest absolute Gasteiger partial charge is 0.229 e. The molecular formula is C26H30N6O2S. The van der Waals surface area contributed by atoms with Crippen LogP contribution in [0.5, 0.6) is 5.75 Å². The Bertz CT molecular complexity index is 1260. The van der Waals surface area contributed by atoms with E-state index < -0.39 is 0 Å². The van der Waals surface area contributed by atoms with Crippen LogP contribution in [0, 0.1) is 17.8 Å². The summed E-state index contributed by atoms with van der Waals surface area (Å²) in [7, 11) is 2.14. The number of carbonyl (C=O) groups excluding carboxylic acids is 1. The van der Waals surface area contributed by atoms with Gasteiger partial charge in [0.15, 0.2) is 0 Å². The number of aromatic nitrogens is 2. The van der Waals surface area contributed by atoms with E-state index in [2.05, 4.69) is 34.7 Å². The van der Waals surface area contributed by atoms with Crippen molar-refractivity contribution in [3.63, 3.8) is 0 Å². The molecule has 182 valence electrons. The zero-order chi connectivity index (χ0) is 23.9. The molecule has 5 unspecified atom stereocenters. The van der Waals surface area contributed by atoms with Crippen LogP contribution < -0.4 is 21.1 Å². The van der Waals surface area contributed by atoms with Crippen LogP contribution in [0.2, 0.25) is 0 Å². The van der Waals surface area contributed by atoms with Gasteiger partial charge in [-0.1, -0.05) is 12.2 Å². The van der Waals surface area contributed by atoms with E-state index in [1.165, 1.54) is 0 Å². The lowest BCUT2D eigenvalue weighted by Crippen LogP contribution is -2.41. The van der Waals surface area contributed by atoms with Crippen molar-refractivity contribution in [1.29, 1.82) is 0 Å². The van der Waals surface area contributed by atoms with Crippen LogP contribution in [0.15, 0.2) is 47.9 Å². The largest absolute Gasteiger partial charge is 0.489 e. The van der Waals surface area contributed by atoms with Gasteiger partial charge in [-0.3, -0.25) is 4.79 Å². The molecule has 3 heterocycles. The lowest BCUT2D eigenvalue weighted by molar-refractivity contribution is -0.122. The third kappa shape index (κ3) is 4.46. The molecule has 6 rings (SSSR count). The molecule has 0 spiro atoms. The Morgan fingerprint density at radius 2 is 2.00 bits per heavy atom. The van der Waals surface area contributed by atoms with Gasteiger partial charge in [0.1, 0.15) is 17.7 Å². The van der Waals surface area contributed by atoms with Crippen LogP contribution in [0.4, 0.5) is 17.5 Å². The van der Waals surface area contributed by atoms with Crippen molar-refractivity contribution in [3.05, 3.63) is 47.9 Å². The van der Waals surface area contributed by atoms with Crippen LogP contribution in [0.3, 0.4) is 0 Å². The van der Waals surface area contributed by atoms with E-state index in [-0.39, 0.29) is 35.8 Å². The number of nitrogens with zero attached hydrogens (tertiary/aromatic N) is 3. The summed E-state index contributed by atoms with van der Waals surface area (Å²) >= 11 is 1.59. The number of ether oxygens (including phenoxy) is 1. The van der Waals surface area contributed by atoms with E-state index in [0.717, 1.165) is 59.8 Å². The average molecular weight is 491 g/mol. The normalized spacial score (nSPS) is 27.9. The molecule has 3 aliphatic rings. The molecule has 8 nitrogen and oxygen atoms in total. The van der Waals surface area contributed by atoms with Gasteiger partial charge >= 0.3 is 0 Å². The first kappa shape index (κ1) is 22.3. The van der Waals surface area contributed by atoms with Gasteiger partial charge in [-0.25, -0.2) is 4.98 Å². The maximum atomic E-state index is 12.2. The molecule has 35 heavy (non-hydrogen) atoms. The lowest BCUT2D eigenvalue weighted by Gasteiger charge is -2.30. The molecule has 2 aromatic heterocycles. The Hall–Kier alpha value is -3.17. The number of amides is 1. The van der Waals surface area contributed by atoms with E-state index in [9.17, 15) is 4.79 Å². The van der Waals surface area contributed by atoms with Gasteiger partial charge in [0, 0.05) is 18.3 Å². The summed E-state index contributed by atoms with van der Waals surface area (Å²) in [6.45, 7) is 2.09. The van der Waals surface area contributed by atoms with Crippen molar-refractivity contribution in [2.45, 2.75) is 31.4 Å². The molecule has 1 aromatic carbocycles. The Labute approximate surface area is 208 Å². The molecule has 4 N–H and O–H groups in total. The number of rotatable bonds is 7. The Morgan fingerprint density at radius 3 is 2.80 bits per heavy atom. The minimum Gasteiger partial charge on any atom is -0.489 e. The van der Waals surface area contributed by atoms with Crippen LogP contribution in [-0.4, -0.2) is 53.1 Å². The number of fused-ring (bicyclic) bond motifs is 3. The predicted molar refractivity (Wildman–Crippen MR) is 139 cm³/mol. The van der Waals surface area contributed by atoms with E-state index >= 15 is 0 Å². The van der Waals surface area contributed by atoms with Gasteiger partial charge in [0.05, 0.1) is 16.1 Å². The molecule has 2 bridgehead atoms. The minimum absolute atomic E-state index is 0.0502. The van der Waals surface area contributed by atoms with Crippen molar-refractivity contribution in [3.8, 4) is 5.75 Å². The summed E-state index contributed by atoms with van der Waals surface area (Å²) in [5.41, 5.74) is 7.52. The second-order valence-corrected chi connectivity index (χ2v) is 10.8. The number of likely N-dealkylation sites (N-methyl/N-ethyl adjacent to an activating group) is 1. The lowest BCUT2D eigenvalue weighted by atomic mass is 9.88. The standard InChI is InChI=1S/C26H30N6O2S/c1-32-11-2-3-19(14-32)34-18-8-6-17(7-9-18)28-26-29-20-10-12-35-23(20)25(31-26)30-22-16-5-4-15(13-16)21(22)24(27)33/h4-10,12,15-16,19,21-22H,2-3,11,13-14H2,1H3,(H2,27,33)(H2,28,29,30,31). The highest BCUT2D eigenvalue weighted by atomic mass is 32.1. The zero-order valence-electron chi connectivity index (χ0n) is 19.7.